The van der Waals surface area contributed by atoms with Crippen molar-refractivity contribution >= 4 is 18.0 Å². The first kappa shape index (κ1) is 18.2. The number of benzene rings is 1. The number of β-lactam (4-membered cyclic amide) rings is 1. The van der Waals surface area contributed by atoms with E-state index in [-0.39, 0.29) is 11.9 Å². The SMILES string of the molecule is CC(C)(C)OC(=O)N1CCC[C@H]1C(=O)O[C@@H]1C(=O)N[C@@H]1c1ccccc1. The van der Waals surface area contributed by atoms with Gasteiger partial charge in [0.25, 0.3) is 5.91 Å². The van der Waals surface area contributed by atoms with Crippen LogP contribution >= 0.6 is 0 Å². The Balaban J connectivity index is 1.65. The third-order valence-electron chi connectivity index (χ3n) is 4.41. The average Bonchev–Trinajstić information content (AvgIpc) is 3.06. The number of nitrogens with zero attached hydrogens (tertiary/aromatic N) is 1. The van der Waals surface area contributed by atoms with Crippen molar-refractivity contribution in [3.05, 3.63) is 35.9 Å². The minimum Gasteiger partial charge on any atom is -0.448 e. The largest absolute Gasteiger partial charge is 0.448 e. The van der Waals surface area contributed by atoms with E-state index in [1.165, 1.54) is 4.90 Å². The number of carbonyl (C=O) groups excluding carboxylic acids is 3. The van der Waals surface area contributed by atoms with Gasteiger partial charge in [-0.2, -0.15) is 0 Å². The molecule has 0 saturated carbocycles. The summed E-state index contributed by atoms with van der Waals surface area (Å²) < 4.78 is 10.8. The molecule has 0 unspecified atom stereocenters. The van der Waals surface area contributed by atoms with Gasteiger partial charge < -0.3 is 14.8 Å². The van der Waals surface area contributed by atoms with Crippen LogP contribution in [-0.4, -0.2) is 47.2 Å². The van der Waals surface area contributed by atoms with Crippen LogP contribution in [0.2, 0.25) is 0 Å². The maximum Gasteiger partial charge on any atom is 0.411 e. The lowest BCUT2D eigenvalue weighted by Gasteiger charge is -2.37. The standard InChI is InChI=1S/C19H24N2O5/c1-19(2,3)26-18(24)21-11-7-10-13(21)17(23)25-15-14(20-16(15)22)12-8-5-4-6-9-12/h4-6,8-9,13-15H,7,10-11H2,1-3H3,(H,20,22)/t13-,14+,15-/m0/s1. The first-order valence-electron chi connectivity index (χ1n) is 8.82. The molecule has 7 nitrogen and oxygen atoms in total. The first-order valence-corrected chi connectivity index (χ1v) is 8.82. The highest BCUT2D eigenvalue weighted by atomic mass is 16.6. The van der Waals surface area contributed by atoms with Crippen LogP contribution in [0.5, 0.6) is 0 Å². The van der Waals surface area contributed by atoms with Crippen molar-refractivity contribution in [2.75, 3.05) is 6.54 Å². The fourth-order valence-electron chi connectivity index (χ4n) is 3.16. The zero-order chi connectivity index (χ0) is 18.9. The summed E-state index contributed by atoms with van der Waals surface area (Å²) >= 11 is 0. The van der Waals surface area contributed by atoms with Crippen LogP contribution in [0, 0.1) is 0 Å². The van der Waals surface area contributed by atoms with E-state index in [0.29, 0.717) is 19.4 Å². The molecule has 0 bridgehead atoms. The van der Waals surface area contributed by atoms with Gasteiger partial charge in [-0.1, -0.05) is 30.3 Å². The predicted octanol–water partition coefficient (Wildman–Crippen LogP) is 2.17. The third kappa shape index (κ3) is 3.81. The minimum atomic E-state index is -0.869. The molecule has 0 spiro atoms. The maximum atomic E-state index is 12.6. The van der Waals surface area contributed by atoms with Crippen LogP contribution in [-0.2, 0) is 19.1 Å². The fraction of sp³-hybridized carbons (Fsp3) is 0.526. The first-order chi connectivity index (χ1) is 12.3. The van der Waals surface area contributed by atoms with Gasteiger partial charge in [-0.15, -0.1) is 0 Å². The van der Waals surface area contributed by atoms with E-state index in [1.807, 2.05) is 30.3 Å². The molecule has 7 heteroatoms. The number of nitrogens with one attached hydrogen (secondary N) is 1. The van der Waals surface area contributed by atoms with Gasteiger partial charge in [0, 0.05) is 6.54 Å². The molecule has 2 fully saturated rings. The Hall–Kier alpha value is -2.57. The molecule has 0 aliphatic carbocycles. The Morgan fingerprint density at radius 2 is 1.88 bits per heavy atom. The van der Waals surface area contributed by atoms with E-state index < -0.39 is 29.8 Å². The van der Waals surface area contributed by atoms with Crippen LogP contribution in [0.25, 0.3) is 0 Å². The van der Waals surface area contributed by atoms with Gasteiger partial charge in [-0.3, -0.25) is 9.69 Å². The summed E-state index contributed by atoms with van der Waals surface area (Å²) in [7, 11) is 0. The lowest BCUT2D eigenvalue weighted by Crippen LogP contribution is -2.59. The zero-order valence-corrected chi connectivity index (χ0v) is 15.2. The Bertz CT molecular complexity index is 698. The van der Waals surface area contributed by atoms with Crippen LogP contribution in [0.3, 0.4) is 0 Å². The molecule has 2 heterocycles. The second kappa shape index (κ2) is 6.97. The monoisotopic (exact) mass is 360 g/mol. The predicted molar refractivity (Wildman–Crippen MR) is 93.2 cm³/mol. The topological polar surface area (TPSA) is 84.9 Å². The number of esters is 1. The summed E-state index contributed by atoms with van der Waals surface area (Å²) in [5.41, 5.74) is 0.237. The van der Waals surface area contributed by atoms with E-state index in [2.05, 4.69) is 5.32 Å². The molecule has 140 valence electrons. The smallest absolute Gasteiger partial charge is 0.411 e. The van der Waals surface area contributed by atoms with E-state index in [0.717, 1.165) is 5.56 Å². The van der Waals surface area contributed by atoms with Crippen molar-refractivity contribution in [2.24, 2.45) is 0 Å². The van der Waals surface area contributed by atoms with Gasteiger partial charge in [0.1, 0.15) is 17.7 Å². The lowest BCUT2D eigenvalue weighted by atomic mass is 9.94. The second-order valence-electron chi connectivity index (χ2n) is 7.59. The summed E-state index contributed by atoms with van der Waals surface area (Å²) in [5.74, 6) is -0.886. The molecule has 1 aromatic rings. The highest BCUT2D eigenvalue weighted by molar-refractivity contribution is 5.92. The zero-order valence-electron chi connectivity index (χ0n) is 15.2. The summed E-state index contributed by atoms with van der Waals surface area (Å²) in [6, 6.07) is 8.27. The molecule has 3 rings (SSSR count). The van der Waals surface area contributed by atoms with Crippen LogP contribution in [0.1, 0.15) is 45.2 Å². The van der Waals surface area contributed by atoms with Gasteiger partial charge in [-0.25, -0.2) is 9.59 Å². The molecule has 0 aromatic heterocycles. The number of likely N-dealkylation sites (tertiary alicyclic amines) is 1. The lowest BCUT2D eigenvalue weighted by molar-refractivity contribution is -0.169. The molecule has 2 aliphatic rings. The van der Waals surface area contributed by atoms with Crippen LogP contribution in [0.15, 0.2) is 30.3 Å². The Morgan fingerprint density at radius 1 is 1.19 bits per heavy atom. The maximum absolute atomic E-state index is 12.6. The highest BCUT2D eigenvalue weighted by Gasteiger charge is 2.46. The molecule has 2 saturated heterocycles. The molecule has 2 amide bonds. The van der Waals surface area contributed by atoms with Gasteiger partial charge in [-0.05, 0) is 39.2 Å². The number of carbonyl (C=O) groups is 3. The van der Waals surface area contributed by atoms with Gasteiger partial charge in [0.15, 0.2) is 0 Å². The Morgan fingerprint density at radius 3 is 2.50 bits per heavy atom. The minimum absolute atomic E-state index is 0.325. The second-order valence-corrected chi connectivity index (χ2v) is 7.59. The Labute approximate surface area is 152 Å². The van der Waals surface area contributed by atoms with Crippen molar-refractivity contribution in [3.8, 4) is 0 Å². The van der Waals surface area contributed by atoms with E-state index >= 15 is 0 Å². The molecule has 1 N–H and O–H groups in total. The van der Waals surface area contributed by atoms with Crippen LogP contribution < -0.4 is 5.32 Å². The number of amides is 2. The van der Waals surface area contributed by atoms with Crippen molar-refractivity contribution in [1.29, 1.82) is 0 Å². The van der Waals surface area contributed by atoms with Crippen LogP contribution in [0.4, 0.5) is 4.79 Å². The fourth-order valence-corrected chi connectivity index (χ4v) is 3.16. The van der Waals surface area contributed by atoms with Crippen molar-refractivity contribution < 1.29 is 23.9 Å². The quantitative estimate of drug-likeness (QED) is 0.660. The number of hydrogen-bond acceptors (Lipinski definition) is 5. The third-order valence-corrected chi connectivity index (χ3v) is 4.41. The van der Waals surface area contributed by atoms with Gasteiger partial charge in [0.05, 0.1) is 0 Å². The number of hydrogen-bond donors (Lipinski definition) is 1. The van der Waals surface area contributed by atoms with E-state index in [1.54, 1.807) is 20.8 Å². The molecule has 26 heavy (non-hydrogen) atoms. The summed E-state index contributed by atoms with van der Waals surface area (Å²) in [6.45, 7) is 5.76. The number of ether oxygens (including phenoxy) is 2. The van der Waals surface area contributed by atoms with Crippen molar-refractivity contribution in [1.82, 2.24) is 10.2 Å². The molecule has 0 radical (unpaired) electrons. The Kier molecular flexibility index (Phi) is 4.89. The van der Waals surface area contributed by atoms with Gasteiger partial charge in [0.2, 0.25) is 6.10 Å². The van der Waals surface area contributed by atoms with Gasteiger partial charge >= 0.3 is 12.1 Å². The van der Waals surface area contributed by atoms with E-state index in [9.17, 15) is 14.4 Å². The molecule has 2 aliphatic heterocycles. The molecule has 3 atom stereocenters. The highest BCUT2D eigenvalue weighted by Crippen LogP contribution is 2.29. The summed E-state index contributed by atoms with van der Waals surface area (Å²) in [6.07, 6.45) is -0.207. The van der Waals surface area contributed by atoms with Crippen molar-refractivity contribution in [2.45, 2.75) is 57.4 Å². The normalized spacial score (nSPS) is 25.3. The molecular formula is C19H24N2O5. The average molecular weight is 360 g/mol. The number of rotatable bonds is 3. The summed E-state index contributed by atoms with van der Waals surface area (Å²) in [5, 5.41) is 2.75. The molecule has 1 aromatic carbocycles. The van der Waals surface area contributed by atoms with E-state index in [4.69, 9.17) is 9.47 Å². The molecular weight excluding hydrogens is 336 g/mol. The summed E-state index contributed by atoms with van der Waals surface area (Å²) in [4.78, 5) is 38.2. The van der Waals surface area contributed by atoms with Crippen molar-refractivity contribution in [3.63, 3.8) is 0 Å².